The van der Waals surface area contributed by atoms with Gasteiger partial charge in [0.15, 0.2) is 11.5 Å². The Morgan fingerprint density at radius 3 is 2.22 bits per heavy atom. The minimum absolute atomic E-state index is 0.0644. The molecule has 32 heavy (non-hydrogen) atoms. The molecule has 7 nitrogen and oxygen atoms in total. The van der Waals surface area contributed by atoms with E-state index in [2.05, 4.69) is 4.90 Å². The van der Waals surface area contributed by atoms with Crippen LogP contribution in [0, 0.1) is 0 Å². The minimum Gasteiger partial charge on any atom is -0.485 e. The molecule has 7 heteroatoms. The van der Waals surface area contributed by atoms with Crippen LogP contribution in [0.3, 0.4) is 0 Å². The van der Waals surface area contributed by atoms with Gasteiger partial charge in [-0.1, -0.05) is 42.5 Å². The van der Waals surface area contributed by atoms with Crippen molar-refractivity contribution in [2.75, 3.05) is 45.9 Å². The molecule has 0 saturated carbocycles. The van der Waals surface area contributed by atoms with E-state index >= 15 is 0 Å². The maximum absolute atomic E-state index is 13.4. The lowest BCUT2D eigenvalue weighted by molar-refractivity contribution is -0.144. The highest BCUT2D eigenvalue weighted by molar-refractivity contribution is 5.84. The van der Waals surface area contributed by atoms with Crippen LogP contribution in [0.25, 0.3) is 0 Å². The molecule has 1 fully saturated rings. The number of ether oxygens (including phenoxy) is 2. The number of carbonyl (C=O) groups excluding carboxylic acids is 2. The van der Waals surface area contributed by atoms with Crippen molar-refractivity contribution in [3.05, 3.63) is 60.2 Å². The molecule has 2 aromatic rings. The van der Waals surface area contributed by atoms with Crippen molar-refractivity contribution in [2.24, 2.45) is 0 Å². The molecule has 0 radical (unpaired) electrons. The number of benzene rings is 2. The molecule has 2 aromatic carbocycles. The fourth-order valence-corrected chi connectivity index (χ4v) is 4.40. The fourth-order valence-electron chi connectivity index (χ4n) is 4.40. The van der Waals surface area contributed by atoms with Gasteiger partial charge < -0.3 is 19.3 Å². The fraction of sp³-hybridized carbons (Fsp3) is 0.440. The van der Waals surface area contributed by atoms with Crippen molar-refractivity contribution in [3.63, 3.8) is 0 Å². The molecule has 2 heterocycles. The van der Waals surface area contributed by atoms with Crippen LogP contribution in [0.2, 0.25) is 0 Å². The Morgan fingerprint density at radius 2 is 1.56 bits per heavy atom. The Bertz CT molecular complexity index is 924. The number of likely N-dealkylation sites (N-methyl/N-ethyl adjacent to an activating group) is 1. The molecule has 0 spiro atoms. The van der Waals surface area contributed by atoms with E-state index in [9.17, 15) is 9.59 Å². The van der Waals surface area contributed by atoms with E-state index in [4.69, 9.17) is 9.47 Å². The van der Waals surface area contributed by atoms with Crippen LogP contribution >= 0.6 is 0 Å². The van der Waals surface area contributed by atoms with Crippen LogP contribution in [0.4, 0.5) is 0 Å². The zero-order chi connectivity index (χ0) is 22.5. The smallest absolute Gasteiger partial charge is 0.267 e. The van der Waals surface area contributed by atoms with Crippen molar-refractivity contribution >= 4 is 11.8 Å². The summed E-state index contributed by atoms with van der Waals surface area (Å²) in [6.45, 7) is 7.93. The number of hydrogen-bond donors (Lipinski definition) is 0. The van der Waals surface area contributed by atoms with Crippen molar-refractivity contribution in [1.29, 1.82) is 0 Å². The van der Waals surface area contributed by atoms with Gasteiger partial charge in [-0.05, 0) is 31.5 Å². The Labute approximate surface area is 189 Å². The Morgan fingerprint density at radius 1 is 0.938 bits per heavy atom. The van der Waals surface area contributed by atoms with Gasteiger partial charge in [-0.15, -0.1) is 0 Å². The first-order chi connectivity index (χ1) is 15.6. The predicted octanol–water partition coefficient (Wildman–Crippen LogP) is 2.58. The van der Waals surface area contributed by atoms with Gasteiger partial charge in [0.1, 0.15) is 12.6 Å². The average molecular weight is 438 g/mol. The van der Waals surface area contributed by atoms with E-state index in [1.807, 2.05) is 78.2 Å². The van der Waals surface area contributed by atoms with Crippen molar-refractivity contribution in [1.82, 2.24) is 14.7 Å². The summed E-state index contributed by atoms with van der Waals surface area (Å²) in [4.78, 5) is 32.3. The van der Waals surface area contributed by atoms with Crippen molar-refractivity contribution in [3.8, 4) is 11.5 Å². The standard InChI is InChI=1S/C25H31N3O4/c1-3-26(4-2)25(30)23(19-10-6-5-7-11-19)27-14-16-28(17-15-27)24(29)22-18-31-20-12-8-9-13-21(20)32-22/h5-13,22-23H,3-4,14-18H2,1-2H3/t22-,23-/m1/s1. The zero-order valence-electron chi connectivity index (χ0n) is 18.8. The van der Waals surface area contributed by atoms with Crippen LogP contribution in [-0.4, -0.2) is 78.5 Å². The summed E-state index contributed by atoms with van der Waals surface area (Å²) in [7, 11) is 0. The Balaban J connectivity index is 1.43. The number of piperazine rings is 1. The number of carbonyl (C=O) groups is 2. The minimum atomic E-state index is -0.640. The molecule has 4 rings (SSSR count). The summed E-state index contributed by atoms with van der Waals surface area (Å²) in [5, 5.41) is 0. The van der Waals surface area contributed by atoms with E-state index < -0.39 is 6.10 Å². The monoisotopic (exact) mass is 437 g/mol. The lowest BCUT2D eigenvalue weighted by Gasteiger charge is -2.41. The zero-order valence-corrected chi connectivity index (χ0v) is 18.8. The van der Waals surface area contributed by atoms with Gasteiger partial charge in [0, 0.05) is 39.3 Å². The molecule has 0 aliphatic carbocycles. The molecule has 2 amide bonds. The topological polar surface area (TPSA) is 62.3 Å². The molecule has 0 N–H and O–H groups in total. The molecule has 1 saturated heterocycles. The summed E-state index contributed by atoms with van der Waals surface area (Å²) < 4.78 is 11.6. The van der Waals surface area contributed by atoms with Gasteiger partial charge in [0.2, 0.25) is 12.0 Å². The predicted molar refractivity (Wildman–Crippen MR) is 122 cm³/mol. The maximum atomic E-state index is 13.4. The van der Waals surface area contributed by atoms with Crippen LogP contribution in [-0.2, 0) is 9.59 Å². The third-order valence-corrected chi connectivity index (χ3v) is 6.20. The first-order valence-electron chi connectivity index (χ1n) is 11.4. The van der Waals surface area contributed by atoms with Gasteiger partial charge in [-0.3, -0.25) is 14.5 Å². The van der Waals surface area contributed by atoms with E-state index in [0.29, 0.717) is 50.8 Å². The molecule has 0 bridgehead atoms. The SMILES string of the molecule is CCN(CC)C(=O)[C@@H](c1ccccc1)N1CCN(C(=O)[C@H]2COc3ccccc3O2)CC1. The van der Waals surface area contributed by atoms with E-state index in [-0.39, 0.29) is 24.5 Å². The number of para-hydroxylation sites is 2. The van der Waals surface area contributed by atoms with Crippen molar-refractivity contribution in [2.45, 2.75) is 26.0 Å². The van der Waals surface area contributed by atoms with Gasteiger partial charge >= 0.3 is 0 Å². The molecule has 0 unspecified atom stereocenters. The third-order valence-electron chi connectivity index (χ3n) is 6.20. The summed E-state index contributed by atoms with van der Waals surface area (Å²) in [5.41, 5.74) is 0.991. The Kier molecular flexibility index (Phi) is 6.95. The van der Waals surface area contributed by atoms with Crippen LogP contribution < -0.4 is 9.47 Å². The van der Waals surface area contributed by atoms with E-state index in [0.717, 1.165) is 5.56 Å². The number of hydrogen-bond acceptors (Lipinski definition) is 5. The molecular weight excluding hydrogens is 406 g/mol. The largest absolute Gasteiger partial charge is 0.485 e. The van der Waals surface area contributed by atoms with Gasteiger partial charge in [0.05, 0.1) is 0 Å². The van der Waals surface area contributed by atoms with Crippen LogP contribution in [0.1, 0.15) is 25.5 Å². The number of nitrogens with zero attached hydrogens (tertiary/aromatic N) is 3. The second kappa shape index (κ2) is 10.0. The molecule has 170 valence electrons. The van der Waals surface area contributed by atoms with Crippen molar-refractivity contribution < 1.29 is 19.1 Å². The van der Waals surface area contributed by atoms with Crippen LogP contribution in [0.15, 0.2) is 54.6 Å². The molecule has 0 aromatic heterocycles. The molecule has 2 aliphatic heterocycles. The molecular formula is C25H31N3O4. The average Bonchev–Trinajstić information content (AvgIpc) is 2.85. The van der Waals surface area contributed by atoms with Gasteiger partial charge in [0.25, 0.3) is 5.91 Å². The number of rotatable bonds is 6. The van der Waals surface area contributed by atoms with Crippen LogP contribution in [0.5, 0.6) is 11.5 Å². The van der Waals surface area contributed by atoms with Gasteiger partial charge in [-0.25, -0.2) is 0 Å². The first kappa shape index (κ1) is 22.1. The highest BCUT2D eigenvalue weighted by atomic mass is 16.6. The van der Waals surface area contributed by atoms with E-state index in [1.54, 1.807) is 0 Å². The van der Waals surface area contributed by atoms with Gasteiger partial charge in [-0.2, -0.15) is 0 Å². The normalized spacial score (nSPS) is 19.3. The summed E-state index contributed by atoms with van der Waals surface area (Å²) in [6.07, 6.45) is -0.640. The number of amides is 2. The van der Waals surface area contributed by atoms with E-state index in [1.165, 1.54) is 0 Å². The molecule has 2 atom stereocenters. The lowest BCUT2D eigenvalue weighted by atomic mass is 10.0. The summed E-state index contributed by atoms with van der Waals surface area (Å²) in [6, 6.07) is 17.0. The highest BCUT2D eigenvalue weighted by Crippen LogP contribution is 2.31. The first-order valence-corrected chi connectivity index (χ1v) is 11.4. The summed E-state index contributed by atoms with van der Waals surface area (Å²) >= 11 is 0. The maximum Gasteiger partial charge on any atom is 0.267 e. The third kappa shape index (κ3) is 4.58. The number of fused-ring (bicyclic) bond motifs is 1. The summed E-state index contributed by atoms with van der Waals surface area (Å²) in [5.74, 6) is 1.32. The Hall–Kier alpha value is -3.06. The highest BCUT2D eigenvalue weighted by Gasteiger charge is 2.36. The quantitative estimate of drug-likeness (QED) is 0.695. The second-order valence-corrected chi connectivity index (χ2v) is 8.05. The lowest BCUT2D eigenvalue weighted by Crippen LogP contribution is -2.56. The second-order valence-electron chi connectivity index (χ2n) is 8.05. The molecule has 2 aliphatic rings.